The van der Waals surface area contributed by atoms with Gasteiger partial charge < -0.3 is 5.32 Å². The molecule has 2 atom stereocenters. The number of amides is 1. The van der Waals surface area contributed by atoms with Gasteiger partial charge in [0.2, 0.25) is 15.9 Å². The molecule has 1 saturated carbocycles. The van der Waals surface area contributed by atoms with E-state index in [0.717, 1.165) is 30.4 Å². The standard InChI is InChI=1S/C18H28N2O3S/c1-13-8-9-16(12-15(13)3)24(22,23)19-11-10-18(21)20-17-7-5-4-6-14(17)2/h8-9,12,14,17,19H,4-7,10-11H2,1-3H3,(H,20,21)/t14-,17+/m1/s1. The minimum Gasteiger partial charge on any atom is -0.353 e. The second-order valence-electron chi connectivity index (χ2n) is 6.83. The maximum atomic E-state index is 12.3. The summed E-state index contributed by atoms with van der Waals surface area (Å²) in [5, 5.41) is 3.04. The van der Waals surface area contributed by atoms with Crippen LogP contribution in [0.5, 0.6) is 0 Å². The summed E-state index contributed by atoms with van der Waals surface area (Å²) in [5.74, 6) is 0.409. The number of carbonyl (C=O) groups excluding carboxylic acids is 1. The molecule has 0 bridgehead atoms. The highest BCUT2D eigenvalue weighted by atomic mass is 32.2. The van der Waals surface area contributed by atoms with Gasteiger partial charge in [0.25, 0.3) is 0 Å². The van der Waals surface area contributed by atoms with Crippen molar-refractivity contribution in [3.05, 3.63) is 29.3 Å². The fourth-order valence-electron chi connectivity index (χ4n) is 3.07. The molecule has 134 valence electrons. The Bertz CT molecular complexity index is 686. The van der Waals surface area contributed by atoms with Gasteiger partial charge in [-0.25, -0.2) is 13.1 Å². The first kappa shape index (κ1) is 18.9. The third kappa shape index (κ3) is 5.05. The van der Waals surface area contributed by atoms with E-state index in [2.05, 4.69) is 17.0 Å². The molecule has 1 aromatic carbocycles. The molecule has 0 aromatic heterocycles. The van der Waals surface area contributed by atoms with Crippen molar-refractivity contribution in [3.63, 3.8) is 0 Å². The molecule has 0 radical (unpaired) electrons. The van der Waals surface area contributed by atoms with E-state index in [1.54, 1.807) is 18.2 Å². The average Bonchev–Trinajstić information content (AvgIpc) is 2.52. The lowest BCUT2D eigenvalue weighted by Gasteiger charge is -2.29. The number of rotatable bonds is 6. The predicted octanol–water partition coefficient (Wildman–Crippen LogP) is 2.67. The van der Waals surface area contributed by atoms with Crippen molar-refractivity contribution in [3.8, 4) is 0 Å². The molecule has 1 aliphatic rings. The van der Waals surface area contributed by atoms with Gasteiger partial charge in [-0.2, -0.15) is 0 Å². The number of hydrogen-bond acceptors (Lipinski definition) is 3. The molecule has 0 unspecified atom stereocenters. The van der Waals surface area contributed by atoms with Crippen LogP contribution in [0.25, 0.3) is 0 Å². The van der Waals surface area contributed by atoms with Crippen molar-refractivity contribution in [2.24, 2.45) is 5.92 Å². The molecule has 0 spiro atoms. The highest BCUT2D eigenvalue weighted by molar-refractivity contribution is 7.89. The molecule has 24 heavy (non-hydrogen) atoms. The average molecular weight is 353 g/mol. The van der Waals surface area contributed by atoms with Gasteiger partial charge in [0.1, 0.15) is 0 Å². The normalized spacial score (nSPS) is 21.5. The van der Waals surface area contributed by atoms with Gasteiger partial charge in [-0.3, -0.25) is 4.79 Å². The molecule has 0 saturated heterocycles. The van der Waals surface area contributed by atoms with Crippen molar-refractivity contribution in [1.82, 2.24) is 10.0 Å². The minimum absolute atomic E-state index is 0.0865. The zero-order valence-electron chi connectivity index (χ0n) is 14.8. The molecule has 0 aliphatic heterocycles. The van der Waals surface area contributed by atoms with Gasteiger partial charge in [-0.15, -0.1) is 0 Å². The molecule has 2 rings (SSSR count). The van der Waals surface area contributed by atoms with Crippen molar-refractivity contribution in [1.29, 1.82) is 0 Å². The lowest BCUT2D eigenvalue weighted by atomic mass is 9.86. The van der Waals surface area contributed by atoms with Crippen LogP contribution in [0, 0.1) is 19.8 Å². The van der Waals surface area contributed by atoms with Crippen LogP contribution in [0.2, 0.25) is 0 Å². The Morgan fingerprint density at radius 1 is 1.17 bits per heavy atom. The van der Waals surface area contributed by atoms with Crippen LogP contribution >= 0.6 is 0 Å². The van der Waals surface area contributed by atoms with E-state index in [1.165, 1.54) is 6.42 Å². The van der Waals surface area contributed by atoms with E-state index in [4.69, 9.17) is 0 Å². The van der Waals surface area contributed by atoms with Gasteiger partial charge >= 0.3 is 0 Å². The van der Waals surface area contributed by atoms with Gasteiger partial charge in [-0.05, 0) is 55.9 Å². The predicted molar refractivity (Wildman–Crippen MR) is 95.3 cm³/mol. The second kappa shape index (κ2) is 8.12. The smallest absolute Gasteiger partial charge is 0.240 e. The van der Waals surface area contributed by atoms with Crippen molar-refractivity contribution >= 4 is 15.9 Å². The van der Waals surface area contributed by atoms with Crippen LogP contribution in [0.15, 0.2) is 23.1 Å². The molecule has 1 fully saturated rings. The number of nitrogens with one attached hydrogen (secondary N) is 2. The Morgan fingerprint density at radius 2 is 1.88 bits per heavy atom. The zero-order valence-corrected chi connectivity index (χ0v) is 15.6. The summed E-state index contributed by atoms with van der Waals surface area (Å²) in [7, 11) is -3.57. The Hall–Kier alpha value is -1.40. The number of sulfonamides is 1. The first-order valence-corrected chi connectivity index (χ1v) is 10.1. The summed E-state index contributed by atoms with van der Waals surface area (Å²) in [6.07, 6.45) is 4.69. The summed E-state index contributed by atoms with van der Waals surface area (Å²) < 4.78 is 27.1. The van der Waals surface area contributed by atoms with Crippen LogP contribution < -0.4 is 10.0 Å². The molecule has 1 amide bonds. The summed E-state index contributed by atoms with van der Waals surface area (Å²) in [4.78, 5) is 12.3. The van der Waals surface area contributed by atoms with Crippen LogP contribution in [0.4, 0.5) is 0 Å². The summed E-state index contributed by atoms with van der Waals surface area (Å²) in [5.41, 5.74) is 1.98. The van der Waals surface area contributed by atoms with Crippen LogP contribution in [0.1, 0.15) is 50.2 Å². The molecular formula is C18H28N2O3S. The quantitative estimate of drug-likeness (QED) is 0.826. The fourth-order valence-corrected chi connectivity index (χ4v) is 4.19. The number of benzene rings is 1. The maximum Gasteiger partial charge on any atom is 0.240 e. The largest absolute Gasteiger partial charge is 0.353 e. The molecule has 5 nitrogen and oxygen atoms in total. The van der Waals surface area contributed by atoms with E-state index >= 15 is 0 Å². The Labute approximate surface area is 145 Å². The molecule has 2 N–H and O–H groups in total. The first-order chi connectivity index (χ1) is 11.3. The topological polar surface area (TPSA) is 75.3 Å². The Kier molecular flexibility index (Phi) is 6.40. The summed E-state index contributed by atoms with van der Waals surface area (Å²) >= 11 is 0. The van der Waals surface area contributed by atoms with Crippen molar-refractivity contribution in [2.75, 3.05) is 6.54 Å². The van der Waals surface area contributed by atoms with E-state index in [1.807, 2.05) is 13.8 Å². The lowest BCUT2D eigenvalue weighted by Crippen LogP contribution is -2.42. The second-order valence-corrected chi connectivity index (χ2v) is 8.60. The van der Waals surface area contributed by atoms with Crippen LogP contribution in [-0.2, 0) is 14.8 Å². The molecular weight excluding hydrogens is 324 g/mol. The van der Waals surface area contributed by atoms with Crippen molar-refractivity contribution < 1.29 is 13.2 Å². The number of aryl methyl sites for hydroxylation is 2. The van der Waals surface area contributed by atoms with Gasteiger partial charge in [0, 0.05) is 19.0 Å². The minimum atomic E-state index is -3.57. The van der Waals surface area contributed by atoms with Crippen LogP contribution in [-0.4, -0.2) is 26.9 Å². The third-order valence-electron chi connectivity index (χ3n) is 4.89. The SMILES string of the molecule is Cc1ccc(S(=O)(=O)NCCC(=O)N[C@H]2CCCC[C@H]2C)cc1C. The lowest BCUT2D eigenvalue weighted by molar-refractivity contribution is -0.122. The van der Waals surface area contributed by atoms with E-state index in [0.29, 0.717) is 5.92 Å². The molecule has 6 heteroatoms. The zero-order chi connectivity index (χ0) is 17.7. The monoisotopic (exact) mass is 352 g/mol. The van der Waals surface area contributed by atoms with Gasteiger partial charge in [-0.1, -0.05) is 25.8 Å². The highest BCUT2D eigenvalue weighted by Crippen LogP contribution is 2.23. The summed E-state index contributed by atoms with van der Waals surface area (Å²) in [6.45, 7) is 6.09. The Morgan fingerprint density at radius 3 is 2.54 bits per heavy atom. The van der Waals surface area contributed by atoms with Crippen LogP contribution in [0.3, 0.4) is 0 Å². The van der Waals surface area contributed by atoms with E-state index in [-0.39, 0.29) is 29.8 Å². The van der Waals surface area contributed by atoms with Crippen molar-refractivity contribution in [2.45, 2.75) is 63.8 Å². The van der Waals surface area contributed by atoms with E-state index in [9.17, 15) is 13.2 Å². The number of hydrogen-bond donors (Lipinski definition) is 2. The molecule has 1 aliphatic carbocycles. The van der Waals surface area contributed by atoms with E-state index < -0.39 is 10.0 Å². The summed E-state index contributed by atoms with van der Waals surface area (Å²) in [6, 6.07) is 5.26. The fraction of sp³-hybridized carbons (Fsp3) is 0.611. The number of carbonyl (C=O) groups is 1. The Balaban J connectivity index is 1.83. The maximum absolute atomic E-state index is 12.3. The third-order valence-corrected chi connectivity index (χ3v) is 6.35. The first-order valence-electron chi connectivity index (χ1n) is 8.66. The molecule has 0 heterocycles. The van der Waals surface area contributed by atoms with Gasteiger partial charge in [0.05, 0.1) is 4.90 Å². The van der Waals surface area contributed by atoms with Gasteiger partial charge in [0.15, 0.2) is 0 Å². The highest BCUT2D eigenvalue weighted by Gasteiger charge is 2.23. The molecule has 1 aromatic rings.